The Morgan fingerprint density at radius 2 is 1.65 bits per heavy atom. The van der Waals surface area contributed by atoms with E-state index < -0.39 is 0 Å². The van der Waals surface area contributed by atoms with Crippen molar-refractivity contribution in [2.75, 3.05) is 0 Å². The minimum Gasteiger partial charge on any atom is -0.512 e. The molecule has 0 amide bonds. The molecule has 1 radical (unpaired) electrons. The van der Waals surface area contributed by atoms with E-state index >= 15 is 0 Å². The summed E-state index contributed by atoms with van der Waals surface area (Å²) in [7, 11) is 0. The number of allylic oxidation sites excluding steroid dienone is 2. The number of aromatic nitrogens is 2. The second kappa shape index (κ2) is 13.2. The van der Waals surface area contributed by atoms with Gasteiger partial charge in [-0.1, -0.05) is 75.6 Å². The minimum absolute atomic E-state index is 0. The van der Waals surface area contributed by atoms with Crippen molar-refractivity contribution >= 4 is 27.3 Å². The van der Waals surface area contributed by atoms with Gasteiger partial charge in [0.1, 0.15) is 0 Å². The summed E-state index contributed by atoms with van der Waals surface area (Å²) in [5, 5.41) is 14.6. The quantitative estimate of drug-likeness (QED) is 0.118. The molecule has 0 bridgehead atoms. The molecule has 5 rings (SSSR count). The van der Waals surface area contributed by atoms with Crippen molar-refractivity contribution in [3.63, 3.8) is 0 Å². The van der Waals surface area contributed by atoms with Gasteiger partial charge in [-0.15, -0.1) is 23.8 Å². The minimum atomic E-state index is -0.147. The van der Waals surface area contributed by atoms with Crippen LogP contribution >= 0.6 is 0 Å². The molecular formula is C35H41IrN2O2-. The van der Waals surface area contributed by atoms with Gasteiger partial charge in [-0.3, -0.25) is 9.78 Å². The van der Waals surface area contributed by atoms with Crippen LogP contribution in [0.3, 0.4) is 0 Å². The Balaban J connectivity index is 0.000000243. The molecule has 0 saturated carbocycles. The van der Waals surface area contributed by atoms with Gasteiger partial charge < -0.3 is 10.1 Å². The van der Waals surface area contributed by atoms with Crippen LogP contribution in [0.4, 0.5) is 0 Å². The van der Waals surface area contributed by atoms with Gasteiger partial charge in [0.05, 0.1) is 5.76 Å². The SMILES string of the molecule is CCC(CC)C(=O)/C=C(\O)C(CC)CC.Cc1ccc2c3c(ncc2c1)-c1[c-]ccc2cncc(c12)C3(C)C.[Ir]. The summed E-state index contributed by atoms with van der Waals surface area (Å²) in [6.07, 6.45) is 10.8. The van der Waals surface area contributed by atoms with E-state index in [9.17, 15) is 9.90 Å². The number of aryl methyl sites for hydroxylation is 1. The first-order valence-corrected chi connectivity index (χ1v) is 14.3. The number of aliphatic hydroxyl groups is 1. The van der Waals surface area contributed by atoms with Gasteiger partial charge in [0.2, 0.25) is 0 Å². The maximum atomic E-state index is 11.7. The molecule has 1 aliphatic rings. The Kier molecular flexibility index (Phi) is 10.4. The van der Waals surface area contributed by atoms with Gasteiger partial charge in [-0.25, -0.2) is 0 Å². The van der Waals surface area contributed by atoms with Crippen molar-refractivity contribution in [2.45, 2.75) is 79.6 Å². The molecule has 0 aliphatic heterocycles. The number of fused-ring (bicyclic) bond motifs is 4. The smallest absolute Gasteiger partial charge is 0.162 e. The monoisotopic (exact) mass is 714 g/mol. The second-order valence-electron chi connectivity index (χ2n) is 11.2. The molecule has 5 heteroatoms. The number of hydrogen-bond donors (Lipinski definition) is 1. The Labute approximate surface area is 252 Å². The molecule has 0 atom stereocenters. The molecule has 1 N–H and O–H groups in total. The van der Waals surface area contributed by atoms with Crippen LogP contribution in [0, 0.1) is 24.8 Å². The van der Waals surface area contributed by atoms with Crippen molar-refractivity contribution in [2.24, 2.45) is 11.8 Å². The predicted molar refractivity (Wildman–Crippen MR) is 162 cm³/mol. The summed E-state index contributed by atoms with van der Waals surface area (Å²) in [4.78, 5) is 21.1. The number of carbonyl (C=O) groups is 1. The van der Waals surface area contributed by atoms with E-state index in [0.717, 1.165) is 42.3 Å². The molecule has 0 spiro atoms. The van der Waals surface area contributed by atoms with E-state index in [2.05, 4.69) is 56.1 Å². The van der Waals surface area contributed by atoms with Crippen molar-refractivity contribution in [3.8, 4) is 11.3 Å². The van der Waals surface area contributed by atoms with Crippen molar-refractivity contribution < 1.29 is 30.0 Å². The fraction of sp³-hybridized carbons (Fsp3) is 0.400. The van der Waals surface area contributed by atoms with E-state index in [1.54, 1.807) is 0 Å². The summed E-state index contributed by atoms with van der Waals surface area (Å²) in [6.45, 7) is 14.7. The van der Waals surface area contributed by atoms with Crippen LogP contribution in [0.5, 0.6) is 0 Å². The van der Waals surface area contributed by atoms with Gasteiger partial charge in [0.15, 0.2) is 5.78 Å². The average Bonchev–Trinajstić information content (AvgIpc) is 2.92. The maximum absolute atomic E-state index is 11.7. The van der Waals surface area contributed by atoms with Crippen LogP contribution in [0.1, 0.15) is 83.9 Å². The number of hydrogen-bond acceptors (Lipinski definition) is 4. The van der Waals surface area contributed by atoms with E-state index in [0.29, 0.717) is 0 Å². The maximum Gasteiger partial charge on any atom is 0.162 e. The molecular weight excluding hydrogens is 673 g/mol. The third kappa shape index (κ3) is 5.92. The number of aliphatic hydroxyl groups excluding tert-OH is 1. The Hall–Kier alpha value is -2.88. The van der Waals surface area contributed by atoms with Gasteiger partial charge in [0.25, 0.3) is 0 Å². The molecule has 0 fully saturated rings. The Morgan fingerprint density at radius 1 is 0.975 bits per heavy atom. The first kappa shape index (κ1) is 31.6. The average molecular weight is 714 g/mol. The molecule has 2 aromatic heterocycles. The molecule has 213 valence electrons. The zero-order valence-electron chi connectivity index (χ0n) is 24.8. The van der Waals surface area contributed by atoms with Crippen molar-refractivity contribution in [3.05, 3.63) is 83.5 Å². The summed E-state index contributed by atoms with van der Waals surface area (Å²) < 4.78 is 0. The van der Waals surface area contributed by atoms with Gasteiger partial charge >= 0.3 is 0 Å². The Bertz CT molecular complexity index is 1530. The molecule has 0 saturated heterocycles. The molecule has 1 aliphatic carbocycles. The fourth-order valence-corrected chi connectivity index (χ4v) is 5.91. The molecule has 4 nitrogen and oxygen atoms in total. The number of benzene rings is 2. The van der Waals surface area contributed by atoms with Crippen LogP contribution in [0.2, 0.25) is 0 Å². The Morgan fingerprint density at radius 3 is 2.30 bits per heavy atom. The van der Waals surface area contributed by atoms with Crippen LogP contribution in [-0.2, 0) is 30.3 Å². The van der Waals surface area contributed by atoms with Crippen LogP contribution < -0.4 is 0 Å². The van der Waals surface area contributed by atoms with E-state index in [1.165, 1.54) is 38.9 Å². The second-order valence-corrected chi connectivity index (χ2v) is 11.2. The summed E-state index contributed by atoms with van der Waals surface area (Å²) in [6, 6.07) is 14.1. The van der Waals surface area contributed by atoms with Crippen molar-refractivity contribution in [1.29, 1.82) is 0 Å². The van der Waals surface area contributed by atoms with E-state index in [4.69, 9.17) is 4.98 Å². The summed E-state index contributed by atoms with van der Waals surface area (Å²) in [5.74, 6) is 0.547. The topological polar surface area (TPSA) is 63.1 Å². The summed E-state index contributed by atoms with van der Waals surface area (Å²) in [5.41, 5.74) is 5.81. The predicted octanol–water partition coefficient (Wildman–Crippen LogP) is 9.07. The van der Waals surface area contributed by atoms with Crippen LogP contribution in [0.25, 0.3) is 32.8 Å². The number of pyridine rings is 2. The van der Waals surface area contributed by atoms with Crippen LogP contribution in [0.15, 0.2) is 60.8 Å². The number of carbonyl (C=O) groups excluding carboxylic acids is 1. The van der Waals surface area contributed by atoms with Crippen molar-refractivity contribution in [1.82, 2.24) is 9.97 Å². The first-order valence-electron chi connectivity index (χ1n) is 14.3. The molecule has 2 aromatic carbocycles. The molecule has 4 aromatic rings. The van der Waals surface area contributed by atoms with E-state index in [-0.39, 0.29) is 48.9 Å². The number of ketones is 1. The normalized spacial score (nSPS) is 13.6. The zero-order chi connectivity index (χ0) is 28.3. The number of nitrogens with zero attached hydrogens (tertiary/aromatic N) is 2. The molecule has 2 heterocycles. The molecule has 40 heavy (non-hydrogen) atoms. The van der Waals surface area contributed by atoms with Gasteiger partial charge in [-0.2, -0.15) is 0 Å². The fourth-order valence-electron chi connectivity index (χ4n) is 5.91. The standard InChI is InChI=1S/C22H17N2.C13H24O2.Ir/c1-13-7-8-16-15(9-13)11-24-21-17-6-4-5-14-10-23-12-18(19(14)17)22(2,3)20(16)21;1-5-10(6-2)12(14)9-13(15)11(7-3)8-4;/h4-5,7-12H,1-3H3;9-11,14H,5-8H2,1-4H3;/q-1;;/b;12-9-;. The summed E-state index contributed by atoms with van der Waals surface area (Å²) >= 11 is 0. The molecule has 0 unspecified atom stereocenters. The first-order chi connectivity index (χ1) is 18.7. The largest absolute Gasteiger partial charge is 0.512 e. The van der Waals surface area contributed by atoms with E-state index in [1.807, 2.05) is 52.4 Å². The van der Waals surface area contributed by atoms with Gasteiger partial charge in [-0.05, 0) is 60.7 Å². The van der Waals surface area contributed by atoms with Crippen LogP contribution in [-0.4, -0.2) is 20.9 Å². The third-order valence-corrected chi connectivity index (χ3v) is 8.38. The third-order valence-electron chi connectivity index (χ3n) is 8.38. The van der Waals surface area contributed by atoms with Gasteiger partial charge in [0, 0.05) is 62.0 Å². The number of rotatable bonds is 7. The zero-order valence-corrected chi connectivity index (χ0v) is 27.2.